The van der Waals surface area contributed by atoms with Crippen LogP contribution in [-0.2, 0) is 9.59 Å². The van der Waals surface area contributed by atoms with Crippen LogP contribution in [0.3, 0.4) is 0 Å². The van der Waals surface area contributed by atoms with Crippen molar-refractivity contribution < 1.29 is 19.4 Å². The summed E-state index contributed by atoms with van der Waals surface area (Å²) < 4.78 is 6.40. The Morgan fingerprint density at radius 3 is 2.81 bits per heavy atom. The molecule has 1 rings (SSSR count). The molecule has 0 radical (unpaired) electrons. The molecule has 6 heteroatoms. The summed E-state index contributed by atoms with van der Waals surface area (Å²) in [5.74, 6) is -0.0363. The van der Waals surface area contributed by atoms with E-state index in [1.165, 1.54) is 0 Å². The van der Waals surface area contributed by atoms with Crippen molar-refractivity contribution in [2.24, 2.45) is 5.92 Å². The van der Waals surface area contributed by atoms with Crippen LogP contribution >= 0.6 is 15.9 Å². The Labute approximate surface area is 132 Å². The van der Waals surface area contributed by atoms with E-state index in [0.717, 1.165) is 4.47 Å². The predicted molar refractivity (Wildman–Crippen MR) is 83.3 cm³/mol. The van der Waals surface area contributed by atoms with Gasteiger partial charge < -0.3 is 15.2 Å². The van der Waals surface area contributed by atoms with Gasteiger partial charge >= 0.3 is 5.97 Å². The summed E-state index contributed by atoms with van der Waals surface area (Å²) in [6.45, 7) is 2.72. The number of carboxylic acid groups (broad SMARTS) is 1. The quantitative estimate of drug-likeness (QED) is 0.712. The van der Waals surface area contributed by atoms with Gasteiger partial charge in [0.05, 0.1) is 13.0 Å². The van der Waals surface area contributed by atoms with Gasteiger partial charge in [-0.3, -0.25) is 9.59 Å². The minimum Gasteiger partial charge on any atom is -0.493 e. The minimum absolute atomic E-state index is 0.0906. The highest BCUT2D eigenvalue weighted by atomic mass is 79.9. The molecule has 0 fully saturated rings. The molecular formula is C15H20BrNO4. The fourth-order valence-corrected chi connectivity index (χ4v) is 2.04. The molecule has 21 heavy (non-hydrogen) atoms. The molecular weight excluding hydrogens is 338 g/mol. The highest BCUT2D eigenvalue weighted by molar-refractivity contribution is 9.10. The van der Waals surface area contributed by atoms with Crippen molar-refractivity contribution in [1.29, 1.82) is 0 Å². The fourth-order valence-electron chi connectivity index (χ4n) is 1.67. The van der Waals surface area contributed by atoms with Gasteiger partial charge in [0.2, 0.25) is 5.91 Å². The number of halogens is 1. The van der Waals surface area contributed by atoms with Crippen LogP contribution < -0.4 is 10.1 Å². The van der Waals surface area contributed by atoms with Crippen LogP contribution in [0.15, 0.2) is 28.7 Å². The molecule has 5 nitrogen and oxygen atoms in total. The van der Waals surface area contributed by atoms with E-state index in [1.54, 1.807) is 0 Å². The van der Waals surface area contributed by atoms with Gasteiger partial charge in [-0.15, -0.1) is 0 Å². The number of nitrogens with one attached hydrogen (secondary N) is 1. The van der Waals surface area contributed by atoms with Crippen LogP contribution in [-0.4, -0.2) is 30.1 Å². The molecule has 0 saturated carbocycles. The summed E-state index contributed by atoms with van der Waals surface area (Å²) in [6, 6.07) is 7.43. The van der Waals surface area contributed by atoms with E-state index in [0.29, 0.717) is 25.3 Å². The SMILES string of the molecule is CC(CCC(=O)O)CNC(=O)CCOc1cccc(Br)c1. The van der Waals surface area contributed by atoms with E-state index in [4.69, 9.17) is 9.84 Å². The number of carboxylic acids is 1. The Morgan fingerprint density at radius 1 is 1.38 bits per heavy atom. The molecule has 0 heterocycles. The lowest BCUT2D eigenvalue weighted by molar-refractivity contribution is -0.137. The largest absolute Gasteiger partial charge is 0.493 e. The number of benzene rings is 1. The third kappa shape index (κ3) is 8.34. The van der Waals surface area contributed by atoms with Crippen LogP contribution in [0.25, 0.3) is 0 Å². The monoisotopic (exact) mass is 357 g/mol. The van der Waals surface area contributed by atoms with Crippen LogP contribution in [0, 0.1) is 5.92 Å². The van der Waals surface area contributed by atoms with Gasteiger partial charge in [-0.1, -0.05) is 28.9 Å². The minimum atomic E-state index is -0.810. The van der Waals surface area contributed by atoms with Crippen molar-refractivity contribution >= 4 is 27.8 Å². The Kier molecular flexibility index (Phi) is 7.82. The molecule has 0 aliphatic carbocycles. The summed E-state index contributed by atoms with van der Waals surface area (Å²) >= 11 is 3.35. The highest BCUT2D eigenvalue weighted by Gasteiger charge is 2.08. The van der Waals surface area contributed by atoms with Crippen molar-refractivity contribution in [3.8, 4) is 5.75 Å². The van der Waals surface area contributed by atoms with Crippen LogP contribution in [0.1, 0.15) is 26.2 Å². The lowest BCUT2D eigenvalue weighted by Gasteiger charge is -2.12. The summed E-state index contributed by atoms with van der Waals surface area (Å²) in [4.78, 5) is 22.1. The lowest BCUT2D eigenvalue weighted by atomic mass is 10.1. The van der Waals surface area contributed by atoms with Gasteiger partial charge in [-0.2, -0.15) is 0 Å². The average Bonchev–Trinajstić information content (AvgIpc) is 2.43. The van der Waals surface area contributed by atoms with E-state index >= 15 is 0 Å². The molecule has 1 aromatic carbocycles. The van der Waals surface area contributed by atoms with Crippen LogP contribution in [0.4, 0.5) is 0 Å². The molecule has 1 atom stereocenters. The molecule has 1 aromatic rings. The Morgan fingerprint density at radius 2 is 2.14 bits per heavy atom. The first-order valence-electron chi connectivity index (χ1n) is 6.84. The molecule has 1 amide bonds. The maximum Gasteiger partial charge on any atom is 0.303 e. The van der Waals surface area contributed by atoms with Gasteiger partial charge in [0.15, 0.2) is 0 Å². The second kappa shape index (κ2) is 9.39. The molecule has 0 spiro atoms. The third-order valence-electron chi connectivity index (χ3n) is 2.89. The van der Waals surface area contributed by atoms with Crippen LogP contribution in [0.2, 0.25) is 0 Å². The maximum absolute atomic E-state index is 11.6. The zero-order chi connectivity index (χ0) is 15.7. The summed E-state index contributed by atoms with van der Waals surface area (Å²) in [5.41, 5.74) is 0. The van der Waals surface area contributed by atoms with Gasteiger partial charge in [0, 0.05) is 17.4 Å². The molecule has 1 unspecified atom stereocenters. The molecule has 0 aliphatic rings. The maximum atomic E-state index is 11.6. The molecule has 0 aromatic heterocycles. The molecule has 0 aliphatic heterocycles. The second-order valence-corrected chi connectivity index (χ2v) is 5.81. The standard InChI is InChI=1S/C15H20BrNO4/c1-11(5-6-15(19)20)10-17-14(18)7-8-21-13-4-2-3-12(16)9-13/h2-4,9,11H,5-8,10H2,1H3,(H,17,18)(H,19,20). The Balaban J connectivity index is 2.15. The number of ether oxygens (including phenoxy) is 1. The Hall–Kier alpha value is -1.56. The molecule has 2 N–H and O–H groups in total. The first-order chi connectivity index (χ1) is 9.97. The van der Waals surface area contributed by atoms with E-state index in [2.05, 4.69) is 21.2 Å². The van der Waals surface area contributed by atoms with Gasteiger partial charge in [-0.25, -0.2) is 0 Å². The number of amides is 1. The lowest BCUT2D eigenvalue weighted by Crippen LogP contribution is -2.29. The molecule has 0 saturated heterocycles. The third-order valence-corrected chi connectivity index (χ3v) is 3.39. The number of rotatable bonds is 9. The number of carbonyl (C=O) groups excluding carboxylic acids is 1. The van der Waals surface area contributed by atoms with Gasteiger partial charge in [0.25, 0.3) is 0 Å². The average molecular weight is 358 g/mol. The predicted octanol–water partition coefficient (Wildman–Crippen LogP) is 2.84. The fraction of sp³-hybridized carbons (Fsp3) is 0.467. The summed E-state index contributed by atoms with van der Waals surface area (Å²) in [7, 11) is 0. The first kappa shape index (κ1) is 17.5. The zero-order valence-corrected chi connectivity index (χ0v) is 13.6. The van der Waals surface area contributed by atoms with Gasteiger partial charge in [0.1, 0.15) is 5.75 Å². The summed E-state index contributed by atoms with van der Waals surface area (Å²) in [5, 5.41) is 11.4. The van der Waals surface area contributed by atoms with Crippen molar-refractivity contribution in [3.63, 3.8) is 0 Å². The smallest absolute Gasteiger partial charge is 0.303 e. The zero-order valence-electron chi connectivity index (χ0n) is 12.0. The van der Waals surface area contributed by atoms with Crippen LogP contribution in [0.5, 0.6) is 5.75 Å². The molecule has 0 bridgehead atoms. The van der Waals surface area contributed by atoms with Crippen molar-refractivity contribution in [2.75, 3.05) is 13.2 Å². The number of aliphatic carboxylic acids is 1. The highest BCUT2D eigenvalue weighted by Crippen LogP contribution is 2.17. The van der Waals surface area contributed by atoms with Crippen molar-refractivity contribution in [3.05, 3.63) is 28.7 Å². The Bertz CT molecular complexity index is 478. The van der Waals surface area contributed by atoms with E-state index < -0.39 is 5.97 Å². The van der Waals surface area contributed by atoms with E-state index in [1.807, 2.05) is 31.2 Å². The second-order valence-electron chi connectivity index (χ2n) is 4.90. The first-order valence-corrected chi connectivity index (χ1v) is 7.63. The topological polar surface area (TPSA) is 75.6 Å². The van der Waals surface area contributed by atoms with Crippen molar-refractivity contribution in [1.82, 2.24) is 5.32 Å². The number of hydrogen-bond acceptors (Lipinski definition) is 3. The normalized spacial score (nSPS) is 11.7. The molecule has 116 valence electrons. The summed E-state index contributed by atoms with van der Waals surface area (Å²) in [6.07, 6.45) is 0.964. The number of carbonyl (C=O) groups is 2. The van der Waals surface area contributed by atoms with Crippen molar-refractivity contribution in [2.45, 2.75) is 26.2 Å². The van der Waals surface area contributed by atoms with E-state index in [-0.39, 0.29) is 24.7 Å². The van der Waals surface area contributed by atoms with Gasteiger partial charge in [-0.05, 0) is 30.5 Å². The number of hydrogen-bond donors (Lipinski definition) is 2. The van der Waals surface area contributed by atoms with E-state index in [9.17, 15) is 9.59 Å².